The molecule has 0 aliphatic carbocycles. The number of aromatic nitrogens is 2. The number of nitrogens with one attached hydrogen (secondary N) is 1. The predicted molar refractivity (Wildman–Crippen MR) is 168 cm³/mol. The van der Waals surface area contributed by atoms with Crippen LogP contribution in [-0.2, 0) is 25.7 Å². The summed E-state index contributed by atoms with van der Waals surface area (Å²) in [7, 11) is 0. The molecule has 214 valence electrons. The Morgan fingerprint density at radius 1 is 0.390 bits per heavy atom. The van der Waals surface area contributed by atoms with Crippen LogP contribution in [0.25, 0.3) is 0 Å². The molecule has 0 atom stereocenters. The van der Waals surface area contributed by atoms with Crippen molar-refractivity contribution in [2.75, 3.05) is 5.53 Å². The van der Waals surface area contributed by atoms with E-state index in [1.807, 2.05) is 9.35 Å². The van der Waals surface area contributed by atoms with Crippen LogP contribution in [0.3, 0.4) is 0 Å². The lowest BCUT2D eigenvalue weighted by atomic mass is 10.0. The van der Waals surface area contributed by atoms with Gasteiger partial charge >= 0.3 is 0 Å². The van der Waals surface area contributed by atoms with Crippen LogP contribution < -0.4 is 16.5 Å². The number of nitrogens with zero attached hydrogens (tertiary/aromatic N) is 8. The van der Waals surface area contributed by atoms with E-state index >= 15 is 0 Å². The molecule has 0 spiro atoms. The van der Waals surface area contributed by atoms with Gasteiger partial charge in [-0.2, -0.15) is 0 Å². The van der Waals surface area contributed by atoms with Crippen molar-refractivity contribution in [2.45, 2.75) is 107 Å². The molecule has 9 heteroatoms. The van der Waals surface area contributed by atoms with Gasteiger partial charge in [0, 0.05) is 44.5 Å². The van der Waals surface area contributed by atoms with Gasteiger partial charge in [-0.1, -0.05) is 55.4 Å². The van der Waals surface area contributed by atoms with E-state index in [2.05, 4.69) is 60.9 Å². The van der Waals surface area contributed by atoms with Gasteiger partial charge in [-0.25, -0.2) is 44.8 Å². The molecule has 0 aromatic carbocycles. The monoisotopic (exact) mass is 551 g/mol. The van der Waals surface area contributed by atoms with Crippen LogP contribution >= 0.6 is 0 Å². The summed E-state index contributed by atoms with van der Waals surface area (Å²) < 4.78 is 4.09. The smallest absolute Gasteiger partial charge is 0.161 e. The molecule has 0 radical (unpaired) electrons. The molecule has 0 unspecified atom stereocenters. The lowest BCUT2D eigenvalue weighted by molar-refractivity contribution is 0.698. The third-order valence-electron chi connectivity index (χ3n) is 8.76. The van der Waals surface area contributed by atoms with Crippen LogP contribution in [0.4, 0.5) is 11.6 Å². The zero-order chi connectivity index (χ0) is 29.0. The fraction of sp³-hybridized carbons (Fsp3) is 0.500. The number of fused-ring (bicyclic) bond motifs is 2. The first kappa shape index (κ1) is 27.3. The molecule has 6 heterocycles. The largest absolute Gasteiger partial charge is 0.224 e. The normalized spacial score (nSPS) is 17.1. The molecule has 0 saturated carbocycles. The summed E-state index contributed by atoms with van der Waals surface area (Å²) in [5, 5.41) is 0. The Labute approximate surface area is 242 Å². The van der Waals surface area contributed by atoms with Gasteiger partial charge in [-0.3, -0.25) is 0 Å². The number of hydrogen-bond donors (Lipinski definition) is 1. The maximum atomic E-state index is 5.29. The minimum atomic E-state index is 0.759. The van der Waals surface area contributed by atoms with E-state index in [-0.39, 0.29) is 0 Å². The van der Waals surface area contributed by atoms with Crippen LogP contribution in [0.2, 0.25) is 0 Å². The molecule has 0 amide bonds. The molecule has 4 aliphatic rings. The third kappa shape index (κ3) is 3.88. The second-order valence-corrected chi connectivity index (χ2v) is 10.7. The van der Waals surface area contributed by atoms with Gasteiger partial charge in [0.05, 0.1) is 0 Å². The van der Waals surface area contributed by atoms with Gasteiger partial charge in [0.2, 0.25) is 0 Å². The lowest BCUT2D eigenvalue weighted by Gasteiger charge is -2.16. The first-order valence-electron chi connectivity index (χ1n) is 15.5. The Bertz CT molecular complexity index is 1660. The Hall–Kier alpha value is -3.88. The van der Waals surface area contributed by atoms with Crippen LogP contribution in [0.1, 0.15) is 103 Å². The van der Waals surface area contributed by atoms with Crippen molar-refractivity contribution in [3.8, 4) is 0 Å². The fourth-order valence-electron chi connectivity index (χ4n) is 6.79. The van der Waals surface area contributed by atoms with Crippen molar-refractivity contribution < 1.29 is 0 Å². The molecule has 1 N–H and O–H groups in total. The maximum Gasteiger partial charge on any atom is 0.161 e. The lowest BCUT2D eigenvalue weighted by Crippen LogP contribution is -2.40. The minimum absolute atomic E-state index is 0.759. The van der Waals surface area contributed by atoms with Crippen molar-refractivity contribution in [1.82, 2.24) is 9.35 Å². The average Bonchev–Trinajstić information content (AvgIpc) is 3.67. The fourth-order valence-corrected chi connectivity index (χ4v) is 6.79. The van der Waals surface area contributed by atoms with E-state index in [0.29, 0.717) is 0 Å². The Kier molecular flexibility index (Phi) is 6.99. The van der Waals surface area contributed by atoms with E-state index < -0.39 is 0 Å². The number of amidine groups is 4. The SMILES string of the molecule is CCC1=C(CC)C2=Nc3c(CC)c(CC)c4n3Nn3c(c(CC)c(CC)c3=NC3=NC(=N4)C(CC)=C3CC)=NC1=N2. The van der Waals surface area contributed by atoms with Crippen molar-refractivity contribution in [1.29, 1.82) is 0 Å². The summed E-state index contributed by atoms with van der Waals surface area (Å²) in [6, 6.07) is 0. The summed E-state index contributed by atoms with van der Waals surface area (Å²) in [5.41, 5.74) is 14.8. The Morgan fingerprint density at radius 3 is 1.05 bits per heavy atom. The van der Waals surface area contributed by atoms with Crippen LogP contribution in [0, 0.1) is 0 Å². The summed E-state index contributed by atoms with van der Waals surface area (Å²) >= 11 is 0. The first-order valence-corrected chi connectivity index (χ1v) is 15.5. The van der Waals surface area contributed by atoms with Gasteiger partial charge in [0.15, 0.2) is 46.0 Å². The molecule has 2 aromatic heterocycles. The van der Waals surface area contributed by atoms with Crippen LogP contribution in [0.5, 0.6) is 0 Å². The van der Waals surface area contributed by atoms with Crippen LogP contribution in [-0.4, -0.2) is 32.7 Å². The predicted octanol–water partition coefficient (Wildman–Crippen LogP) is 5.93. The van der Waals surface area contributed by atoms with E-state index in [1.54, 1.807) is 0 Å². The highest BCUT2D eigenvalue weighted by Crippen LogP contribution is 2.39. The minimum Gasteiger partial charge on any atom is -0.224 e. The van der Waals surface area contributed by atoms with Crippen molar-refractivity contribution in [2.24, 2.45) is 30.0 Å². The average molecular weight is 552 g/mol. The van der Waals surface area contributed by atoms with E-state index in [9.17, 15) is 0 Å². The van der Waals surface area contributed by atoms with Gasteiger partial charge in [-0.05, 0) is 51.4 Å². The second-order valence-electron chi connectivity index (χ2n) is 10.7. The zero-order valence-corrected chi connectivity index (χ0v) is 25.7. The van der Waals surface area contributed by atoms with E-state index in [1.165, 1.54) is 44.5 Å². The highest BCUT2D eigenvalue weighted by molar-refractivity contribution is 6.22. The molecular formula is C32H41N9. The maximum absolute atomic E-state index is 5.29. The topological polar surface area (TPSA) is 96.0 Å². The standard InChI is InChI=1S/C32H41N9/c1-9-17-18(10-2)26-33-25(17)35-29-21(13-5)22(14-6)31-37-27-19(11-3)20(12-4)28(34-27)38-32-24(16-8)23(15-7)30(36-26)41(32)39-40(29)31/h39H,9-16H2,1-8H3. The summed E-state index contributed by atoms with van der Waals surface area (Å²) in [4.78, 5) is 31.3. The molecule has 2 aromatic rings. The van der Waals surface area contributed by atoms with Crippen molar-refractivity contribution in [3.05, 3.63) is 55.5 Å². The second kappa shape index (κ2) is 10.5. The zero-order valence-electron chi connectivity index (χ0n) is 25.7. The summed E-state index contributed by atoms with van der Waals surface area (Å²) in [6.45, 7) is 17.5. The summed E-state index contributed by atoms with van der Waals surface area (Å²) in [6.07, 6.45) is 6.71. The molecule has 41 heavy (non-hydrogen) atoms. The van der Waals surface area contributed by atoms with Gasteiger partial charge < -0.3 is 0 Å². The quantitative estimate of drug-likeness (QED) is 0.432. The molecule has 6 bridgehead atoms. The van der Waals surface area contributed by atoms with Crippen molar-refractivity contribution in [3.63, 3.8) is 0 Å². The highest BCUT2D eigenvalue weighted by atomic mass is 15.7. The Morgan fingerprint density at radius 2 is 0.732 bits per heavy atom. The molecule has 0 fully saturated rings. The van der Waals surface area contributed by atoms with Gasteiger partial charge in [0.25, 0.3) is 0 Å². The number of aliphatic imine (C=N–C) groups is 4. The molecular weight excluding hydrogens is 510 g/mol. The molecule has 6 rings (SSSR count). The van der Waals surface area contributed by atoms with Crippen molar-refractivity contribution >= 4 is 35.0 Å². The molecule has 9 nitrogen and oxygen atoms in total. The Balaban J connectivity index is 1.88. The van der Waals surface area contributed by atoms with E-state index in [0.717, 1.165) is 97.3 Å². The van der Waals surface area contributed by atoms with E-state index in [4.69, 9.17) is 30.0 Å². The number of rotatable bonds is 8. The van der Waals surface area contributed by atoms with Gasteiger partial charge in [-0.15, -0.1) is 0 Å². The van der Waals surface area contributed by atoms with Gasteiger partial charge in [0.1, 0.15) is 0 Å². The van der Waals surface area contributed by atoms with Crippen LogP contribution in [0.15, 0.2) is 52.2 Å². The summed E-state index contributed by atoms with van der Waals surface area (Å²) in [5.74, 6) is 4.72. The highest BCUT2D eigenvalue weighted by Gasteiger charge is 2.31. The third-order valence-corrected chi connectivity index (χ3v) is 8.76. The number of hydrogen-bond acceptors (Lipinski definition) is 7. The first-order chi connectivity index (χ1) is 20.0. The molecule has 4 aliphatic heterocycles. The molecule has 0 saturated heterocycles.